The largest absolute Gasteiger partial charge is 0.490 e. The fourth-order valence-electron chi connectivity index (χ4n) is 2.53. The number of hydrogen-bond donors (Lipinski definition) is 1. The lowest BCUT2D eigenvalue weighted by Crippen LogP contribution is -2.31. The molecular formula is C14H14ClF3N4O2. The number of ether oxygens (including phenoxy) is 1. The van der Waals surface area contributed by atoms with Gasteiger partial charge in [0.1, 0.15) is 11.2 Å². The van der Waals surface area contributed by atoms with E-state index in [1.807, 2.05) is 4.90 Å². The molecule has 0 radical (unpaired) electrons. The lowest BCUT2D eigenvalue weighted by molar-refractivity contribution is -0.203. The molecule has 1 fully saturated rings. The number of alkyl halides is 3. The Labute approximate surface area is 140 Å². The van der Waals surface area contributed by atoms with Crippen molar-refractivity contribution in [1.29, 1.82) is 5.26 Å². The monoisotopic (exact) mass is 362 g/mol. The zero-order valence-electron chi connectivity index (χ0n) is 12.4. The van der Waals surface area contributed by atoms with Crippen molar-refractivity contribution in [1.82, 2.24) is 4.98 Å². The van der Waals surface area contributed by atoms with Crippen molar-refractivity contribution in [2.24, 2.45) is 5.92 Å². The van der Waals surface area contributed by atoms with Crippen LogP contribution in [-0.4, -0.2) is 36.3 Å². The van der Waals surface area contributed by atoms with Crippen LogP contribution in [0.2, 0.25) is 5.15 Å². The van der Waals surface area contributed by atoms with Crippen LogP contribution in [0.1, 0.15) is 12.8 Å². The van der Waals surface area contributed by atoms with Crippen LogP contribution in [0, 0.1) is 17.2 Å². The van der Waals surface area contributed by atoms with Gasteiger partial charge in [-0.2, -0.15) is 18.4 Å². The van der Waals surface area contributed by atoms with Crippen molar-refractivity contribution >= 4 is 29.1 Å². The maximum absolute atomic E-state index is 12.2. The molecule has 1 aromatic rings. The zero-order valence-corrected chi connectivity index (χ0v) is 13.1. The van der Waals surface area contributed by atoms with Crippen molar-refractivity contribution in [2.45, 2.75) is 25.1 Å². The first-order chi connectivity index (χ1) is 11.2. The van der Waals surface area contributed by atoms with Gasteiger partial charge in [0, 0.05) is 19.5 Å². The molecular weight excluding hydrogens is 349 g/mol. The summed E-state index contributed by atoms with van der Waals surface area (Å²) in [7, 11) is 0. The van der Waals surface area contributed by atoms with E-state index in [0.717, 1.165) is 0 Å². The lowest BCUT2D eigenvalue weighted by Gasteiger charge is -2.20. The Hall–Kier alpha value is -2.21. The molecule has 2 N–H and O–H groups in total. The molecule has 0 amide bonds. The number of nitriles is 1. The fourth-order valence-corrected chi connectivity index (χ4v) is 2.68. The summed E-state index contributed by atoms with van der Waals surface area (Å²) in [5.41, 5.74) is 6.28. The molecule has 2 atom stereocenters. The molecule has 130 valence electrons. The first kappa shape index (κ1) is 18.1. The highest BCUT2D eigenvalue weighted by Gasteiger charge is 2.42. The van der Waals surface area contributed by atoms with Gasteiger partial charge < -0.3 is 15.4 Å². The molecule has 1 aromatic heterocycles. The summed E-state index contributed by atoms with van der Waals surface area (Å²) >= 11 is 5.84. The third kappa shape index (κ3) is 4.41. The van der Waals surface area contributed by atoms with E-state index in [0.29, 0.717) is 31.0 Å². The summed E-state index contributed by atoms with van der Waals surface area (Å²) in [5.74, 6) is -1.99. The molecule has 2 heterocycles. The third-order valence-electron chi connectivity index (χ3n) is 3.63. The summed E-state index contributed by atoms with van der Waals surface area (Å²) in [5, 5.41) is 9.18. The second-order valence-corrected chi connectivity index (χ2v) is 5.79. The summed E-state index contributed by atoms with van der Waals surface area (Å²) in [6.45, 7) is 0.993. The molecule has 6 nitrogen and oxygen atoms in total. The highest BCUT2D eigenvalue weighted by atomic mass is 35.5. The first-order valence-corrected chi connectivity index (χ1v) is 7.43. The number of nitrogen functional groups attached to an aromatic ring is 1. The van der Waals surface area contributed by atoms with E-state index in [4.69, 9.17) is 22.6 Å². The Morgan fingerprint density at radius 1 is 1.58 bits per heavy atom. The Morgan fingerprint density at radius 2 is 2.29 bits per heavy atom. The van der Waals surface area contributed by atoms with Crippen molar-refractivity contribution in [3.63, 3.8) is 0 Å². The van der Waals surface area contributed by atoms with Crippen molar-refractivity contribution < 1.29 is 22.7 Å². The fraction of sp³-hybridized carbons (Fsp3) is 0.500. The van der Waals surface area contributed by atoms with Gasteiger partial charge in [0.15, 0.2) is 11.9 Å². The van der Waals surface area contributed by atoms with Gasteiger partial charge in [0.05, 0.1) is 5.69 Å². The second-order valence-electron chi connectivity index (χ2n) is 5.40. The minimum Gasteiger partial charge on any atom is -0.440 e. The molecule has 1 aliphatic rings. The molecule has 1 saturated heterocycles. The second kappa shape index (κ2) is 7.13. The molecule has 1 unspecified atom stereocenters. The number of aromatic nitrogens is 1. The van der Waals surface area contributed by atoms with Gasteiger partial charge in [0.25, 0.3) is 0 Å². The van der Waals surface area contributed by atoms with E-state index in [2.05, 4.69) is 9.72 Å². The molecule has 1 aliphatic heterocycles. The Morgan fingerprint density at radius 3 is 2.92 bits per heavy atom. The molecule has 0 bridgehead atoms. The number of esters is 1. The molecule has 0 saturated carbocycles. The average Bonchev–Trinajstić information content (AvgIpc) is 2.96. The molecule has 10 heteroatoms. The average molecular weight is 363 g/mol. The van der Waals surface area contributed by atoms with Crippen LogP contribution in [0.25, 0.3) is 0 Å². The van der Waals surface area contributed by atoms with Crippen LogP contribution in [0.15, 0.2) is 12.1 Å². The van der Waals surface area contributed by atoms with Gasteiger partial charge in [-0.1, -0.05) is 11.6 Å². The van der Waals surface area contributed by atoms with Gasteiger partial charge in [-0.15, -0.1) is 0 Å². The van der Waals surface area contributed by atoms with Gasteiger partial charge >= 0.3 is 12.1 Å². The first-order valence-electron chi connectivity index (χ1n) is 7.05. The number of anilines is 2. The number of pyridine rings is 1. The molecule has 0 spiro atoms. The standard InChI is InChI=1S/C14H14ClF3N4O2/c15-11-2-1-10(20)12(21-11)22-4-3-8(7-22)5-9(6-19)24-13(23)14(16,17)18/h1-2,8-9H,3-5,7,20H2/t8-,9?/m0/s1. The maximum atomic E-state index is 12.2. The Bertz CT molecular complexity index is 662. The number of carbonyl (C=O) groups excluding carboxylic acids is 1. The number of nitrogens with zero attached hydrogens (tertiary/aromatic N) is 3. The lowest BCUT2D eigenvalue weighted by atomic mass is 10.0. The van der Waals surface area contributed by atoms with E-state index >= 15 is 0 Å². The van der Waals surface area contributed by atoms with Gasteiger partial charge in [-0.25, -0.2) is 9.78 Å². The van der Waals surface area contributed by atoms with Crippen LogP contribution in [0.5, 0.6) is 0 Å². The summed E-state index contributed by atoms with van der Waals surface area (Å²) in [6.07, 6.45) is -5.95. The molecule has 0 aromatic carbocycles. The number of carbonyl (C=O) groups is 1. The van der Waals surface area contributed by atoms with Crippen molar-refractivity contribution in [3.8, 4) is 6.07 Å². The molecule has 24 heavy (non-hydrogen) atoms. The van der Waals surface area contributed by atoms with E-state index in [9.17, 15) is 18.0 Å². The minimum atomic E-state index is -5.12. The predicted molar refractivity (Wildman–Crippen MR) is 80.1 cm³/mol. The highest BCUT2D eigenvalue weighted by Crippen LogP contribution is 2.30. The van der Waals surface area contributed by atoms with Crippen LogP contribution in [0.4, 0.5) is 24.7 Å². The minimum absolute atomic E-state index is 0.00922. The molecule has 2 rings (SSSR count). The molecule has 0 aliphatic carbocycles. The summed E-state index contributed by atoms with van der Waals surface area (Å²) in [4.78, 5) is 16.8. The predicted octanol–water partition coefficient (Wildman–Crippen LogP) is 2.53. The summed E-state index contributed by atoms with van der Waals surface area (Å²) in [6, 6.07) is 4.75. The van der Waals surface area contributed by atoms with Crippen molar-refractivity contribution in [2.75, 3.05) is 23.7 Å². The topological polar surface area (TPSA) is 92.2 Å². The SMILES string of the molecule is N#CC(C[C@@H]1CCN(c2nc(Cl)ccc2N)C1)OC(=O)C(F)(F)F. The van der Waals surface area contributed by atoms with E-state index in [1.165, 1.54) is 0 Å². The van der Waals surface area contributed by atoms with E-state index < -0.39 is 18.2 Å². The van der Waals surface area contributed by atoms with Crippen molar-refractivity contribution in [3.05, 3.63) is 17.3 Å². The Balaban J connectivity index is 1.97. The van der Waals surface area contributed by atoms with Gasteiger partial charge in [-0.05, 0) is 24.5 Å². The number of rotatable bonds is 4. The van der Waals surface area contributed by atoms with Gasteiger partial charge in [0.2, 0.25) is 0 Å². The number of nitrogens with two attached hydrogens (primary N) is 1. The quantitative estimate of drug-likeness (QED) is 0.653. The summed E-state index contributed by atoms with van der Waals surface area (Å²) < 4.78 is 40.8. The Kier molecular flexibility index (Phi) is 5.39. The van der Waals surface area contributed by atoms with Crippen LogP contribution in [-0.2, 0) is 9.53 Å². The van der Waals surface area contributed by atoms with Crippen LogP contribution in [0.3, 0.4) is 0 Å². The van der Waals surface area contributed by atoms with Crippen LogP contribution >= 0.6 is 11.6 Å². The number of hydrogen-bond acceptors (Lipinski definition) is 6. The highest BCUT2D eigenvalue weighted by molar-refractivity contribution is 6.29. The van der Waals surface area contributed by atoms with E-state index in [1.54, 1.807) is 18.2 Å². The maximum Gasteiger partial charge on any atom is 0.490 e. The van der Waals surface area contributed by atoms with Gasteiger partial charge in [-0.3, -0.25) is 0 Å². The third-order valence-corrected chi connectivity index (χ3v) is 3.84. The normalized spacial score (nSPS) is 19.0. The van der Waals surface area contributed by atoms with Crippen LogP contribution < -0.4 is 10.6 Å². The smallest absolute Gasteiger partial charge is 0.440 e. The zero-order chi connectivity index (χ0) is 17.9. The number of halogens is 4. The van der Waals surface area contributed by atoms with E-state index in [-0.39, 0.29) is 17.5 Å².